The van der Waals surface area contributed by atoms with Crippen LogP contribution >= 0.6 is 0 Å². The lowest BCUT2D eigenvalue weighted by Crippen LogP contribution is -2.59. The van der Waals surface area contributed by atoms with Crippen LogP contribution in [0.2, 0.25) is 0 Å². The van der Waals surface area contributed by atoms with E-state index in [-0.39, 0.29) is 34.8 Å². The molecule has 0 radical (unpaired) electrons. The highest BCUT2D eigenvalue weighted by Gasteiger charge is 2.49. The van der Waals surface area contributed by atoms with Gasteiger partial charge in [-0.3, -0.25) is 9.69 Å². The maximum absolute atomic E-state index is 14.2. The van der Waals surface area contributed by atoms with Crippen LogP contribution in [0.15, 0.2) is 18.5 Å². The van der Waals surface area contributed by atoms with Gasteiger partial charge >= 0.3 is 12.1 Å². The zero-order valence-corrected chi connectivity index (χ0v) is 31.9. The van der Waals surface area contributed by atoms with Gasteiger partial charge in [-0.2, -0.15) is 0 Å². The maximum atomic E-state index is 14.2. The van der Waals surface area contributed by atoms with Crippen LogP contribution in [0.25, 0.3) is 0 Å². The van der Waals surface area contributed by atoms with Gasteiger partial charge in [-0.05, 0) is 124 Å². The van der Waals surface area contributed by atoms with E-state index in [1.165, 1.54) is 11.2 Å². The van der Waals surface area contributed by atoms with Crippen LogP contribution < -0.4 is 14.5 Å². The summed E-state index contributed by atoms with van der Waals surface area (Å²) < 4.78 is 42.8. The summed E-state index contributed by atoms with van der Waals surface area (Å²) in [6.07, 6.45) is 3.81. The molecule has 0 spiro atoms. The van der Waals surface area contributed by atoms with Gasteiger partial charge in [0.1, 0.15) is 35.2 Å². The number of ether oxygens (including phenoxy) is 3. The molecule has 0 unspecified atom stereocenters. The Kier molecular flexibility index (Phi) is 9.41. The van der Waals surface area contributed by atoms with Crippen molar-refractivity contribution in [2.45, 2.75) is 117 Å². The van der Waals surface area contributed by atoms with Crippen LogP contribution in [0.1, 0.15) is 110 Å². The van der Waals surface area contributed by atoms with Crippen LogP contribution in [0, 0.1) is 12.8 Å². The number of anilines is 3. The largest absolute Gasteiger partial charge is 0.483 e. The molecular weight excluding hydrogens is 659 g/mol. The van der Waals surface area contributed by atoms with Crippen molar-refractivity contribution in [3.8, 4) is 5.75 Å². The molecule has 0 N–H and O–H groups in total. The van der Waals surface area contributed by atoms with E-state index in [1.54, 1.807) is 0 Å². The van der Waals surface area contributed by atoms with Crippen molar-refractivity contribution >= 4 is 39.2 Å². The number of fused-ring (bicyclic) bond motifs is 2. The van der Waals surface area contributed by atoms with Crippen molar-refractivity contribution in [1.82, 2.24) is 14.9 Å². The first-order chi connectivity index (χ1) is 23.2. The highest BCUT2D eigenvalue weighted by molar-refractivity contribution is 7.91. The Hall–Kier alpha value is -3.45. The highest BCUT2D eigenvalue weighted by Crippen LogP contribution is 2.50. The number of hydrogen-bond donors (Lipinski definition) is 0. The molecule has 13 heteroatoms. The zero-order chi connectivity index (χ0) is 36.4. The number of sulfone groups is 1. The van der Waals surface area contributed by atoms with Gasteiger partial charge in [-0.15, -0.1) is 0 Å². The second kappa shape index (κ2) is 13.0. The second-order valence-corrected chi connectivity index (χ2v) is 19.0. The number of hydrogen-bond acceptors (Lipinski definition) is 11. The van der Waals surface area contributed by atoms with Gasteiger partial charge < -0.3 is 19.1 Å². The highest BCUT2D eigenvalue weighted by atomic mass is 32.2. The number of benzene rings is 1. The fourth-order valence-electron chi connectivity index (χ4n) is 7.84. The summed E-state index contributed by atoms with van der Waals surface area (Å²) in [5, 5.41) is 0. The molecule has 4 aliphatic rings. The molecule has 2 aromatic rings. The topological polar surface area (TPSA) is 131 Å². The molecule has 1 aliphatic carbocycles. The summed E-state index contributed by atoms with van der Waals surface area (Å²) in [5.41, 5.74) is 1.93. The van der Waals surface area contributed by atoms with Crippen molar-refractivity contribution in [2.24, 2.45) is 5.92 Å². The van der Waals surface area contributed by atoms with Crippen LogP contribution in [-0.4, -0.2) is 89.8 Å². The van der Waals surface area contributed by atoms with Gasteiger partial charge in [-0.1, -0.05) is 6.07 Å². The first-order valence-corrected chi connectivity index (χ1v) is 19.7. The first kappa shape index (κ1) is 36.3. The van der Waals surface area contributed by atoms with Crippen molar-refractivity contribution < 1.29 is 32.2 Å². The van der Waals surface area contributed by atoms with E-state index in [0.717, 1.165) is 49.9 Å². The van der Waals surface area contributed by atoms with E-state index in [2.05, 4.69) is 27.9 Å². The molecule has 3 fully saturated rings. The van der Waals surface area contributed by atoms with Gasteiger partial charge in [0, 0.05) is 18.6 Å². The molecule has 6 rings (SSSR count). The first-order valence-electron chi connectivity index (χ1n) is 17.9. The molecule has 0 bridgehead atoms. The Morgan fingerprint density at radius 2 is 1.52 bits per heavy atom. The quantitative estimate of drug-likeness (QED) is 0.334. The van der Waals surface area contributed by atoms with Crippen molar-refractivity contribution in [3.63, 3.8) is 0 Å². The normalized spacial score (nSPS) is 25.8. The molecule has 1 atom stereocenters. The standard InChI is InChI=1S/C37H53N5O7S/c1-23-18-26(25-10-12-41(13-11-25)37(9)20-27(21-37)33(43)48-35(3,4)5)19-28-30(23)47-24(2)29-31(40-14-16-50(45,46)17-15-40)38-22-39-32(29)42(28)34(44)49-36(6,7)8/h18-19,22,24-25,27H,10-17,20-21H2,1-9H3/t24-,27?,37?/m1/s1. The average molecular weight is 712 g/mol. The minimum Gasteiger partial charge on any atom is -0.483 e. The number of rotatable bonds is 4. The number of aryl methyl sites for hydroxylation is 1. The van der Waals surface area contributed by atoms with Crippen molar-refractivity contribution in [3.05, 3.63) is 35.2 Å². The Balaban J connectivity index is 1.29. The number of esters is 1. The number of likely N-dealkylation sites (tertiary alicyclic amines) is 1. The third-order valence-electron chi connectivity index (χ3n) is 10.3. The molecule has 1 aromatic heterocycles. The average Bonchev–Trinajstić information content (AvgIpc) is 3.12. The molecule has 3 aliphatic heterocycles. The Morgan fingerprint density at radius 3 is 2.12 bits per heavy atom. The predicted octanol–water partition coefficient (Wildman–Crippen LogP) is 6.24. The predicted molar refractivity (Wildman–Crippen MR) is 192 cm³/mol. The van der Waals surface area contributed by atoms with Crippen LogP contribution in [-0.2, 0) is 24.1 Å². The maximum Gasteiger partial charge on any atom is 0.420 e. The Bertz CT molecular complexity index is 1740. The minimum absolute atomic E-state index is 0.0205. The van der Waals surface area contributed by atoms with E-state index in [4.69, 9.17) is 14.2 Å². The van der Waals surface area contributed by atoms with Crippen molar-refractivity contribution in [1.29, 1.82) is 0 Å². The molecule has 2 saturated heterocycles. The second-order valence-electron chi connectivity index (χ2n) is 16.7. The zero-order valence-electron chi connectivity index (χ0n) is 31.0. The van der Waals surface area contributed by atoms with Gasteiger partial charge in [0.2, 0.25) is 0 Å². The summed E-state index contributed by atoms with van der Waals surface area (Å²) in [5.74, 6) is 1.67. The molecule has 274 valence electrons. The summed E-state index contributed by atoms with van der Waals surface area (Å²) >= 11 is 0. The number of piperidine rings is 1. The number of carbonyl (C=O) groups excluding carboxylic acids is 2. The third-order valence-corrected chi connectivity index (χ3v) is 11.9. The number of amides is 1. The van der Waals surface area contributed by atoms with E-state index >= 15 is 0 Å². The van der Waals surface area contributed by atoms with Crippen LogP contribution in [0.5, 0.6) is 5.75 Å². The van der Waals surface area contributed by atoms with Gasteiger partial charge in [0.25, 0.3) is 0 Å². The molecule has 1 saturated carbocycles. The van der Waals surface area contributed by atoms with E-state index in [9.17, 15) is 18.0 Å². The minimum atomic E-state index is -3.12. The lowest BCUT2D eigenvalue weighted by molar-refractivity contribution is -0.170. The fraction of sp³-hybridized carbons (Fsp3) is 0.676. The summed E-state index contributed by atoms with van der Waals surface area (Å²) in [6.45, 7) is 19.8. The molecular formula is C37H53N5O7S. The molecule has 50 heavy (non-hydrogen) atoms. The van der Waals surface area contributed by atoms with Gasteiger partial charge in [-0.25, -0.2) is 28.1 Å². The fourth-order valence-corrected chi connectivity index (χ4v) is 9.04. The van der Waals surface area contributed by atoms with Gasteiger partial charge in [0.05, 0.1) is 28.7 Å². The number of nitrogens with zero attached hydrogens (tertiary/aromatic N) is 5. The Labute approximate surface area is 296 Å². The molecule has 1 amide bonds. The molecule has 1 aromatic carbocycles. The lowest BCUT2D eigenvalue weighted by atomic mass is 9.67. The third kappa shape index (κ3) is 7.44. The number of aromatic nitrogens is 2. The van der Waals surface area contributed by atoms with E-state index in [1.807, 2.05) is 66.4 Å². The number of carbonyl (C=O) groups is 2. The molecule has 4 heterocycles. The van der Waals surface area contributed by atoms with Gasteiger partial charge in [0.15, 0.2) is 15.7 Å². The summed E-state index contributed by atoms with van der Waals surface area (Å²) in [6, 6.07) is 4.22. The van der Waals surface area contributed by atoms with Crippen LogP contribution in [0.4, 0.5) is 22.1 Å². The summed E-state index contributed by atoms with van der Waals surface area (Å²) in [7, 11) is -3.12. The monoisotopic (exact) mass is 711 g/mol. The van der Waals surface area contributed by atoms with Crippen LogP contribution in [0.3, 0.4) is 0 Å². The SMILES string of the molecule is Cc1cc(C2CCN(C3(C)CC(C(=O)OC(C)(C)C)C3)CC2)cc2c1O[C@H](C)c1c(N3CCS(=O)(=O)CC3)ncnc1N2C(=O)OC(C)(C)C. The van der Waals surface area contributed by atoms with E-state index < -0.39 is 33.2 Å². The van der Waals surface area contributed by atoms with Crippen molar-refractivity contribution in [2.75, 3.05) is 47.5 Å². The Morgan fingerprint density at radius 1 is 0.920 bits per heavy atom. The van der Waals surface area contributed by atoms with E-state index in [0.29, 0.717) is 41.7 Å². The smallest absolute Gasteiger partial charge is 0.420 e. The summed E-state index contributed by atoms with van der Waals surface area (Å²) in [4.78, 5) is 42.1. The molecule has 12 nitrogen and oxygen atoms in total. The lowest BCUT2D eigenvalue weighted by Gasteiger charge is -2.53.